The van der Waals surface area contributed by atoms with E-state index in [1.54, 1.807) is 0 Å². The Hall–Kier alpha value is -1.09. The Morgan fingerprint density at radius 2 is 1.95 bits per heavy atom. The summed E-state index contributed by atoms with van der Waals surface area (Å²) >= 11 is 0. The van der Waals surface area contributed by atoms with Gasteiger partial charge in [0, 0.05) is 18.2 Å². The minimum Gasteiger partial charge on any atom is -0.508 e. The lowest BCUT2D eigenvalue weighted by atomic mass is 9.78. The van der Waals surface area contributed by atoms with Gasteiger partial charge in [-0.2, -0.15) is 0 Å². The first-order valence-electron chi connectivity index (χ1n) is 7.45. The van der Waals surface area contributed by atoms with Crippen molar-refractivity contribution >= 4 is 0 Å². The van der Waals surface area contributed by atoms with Crippen molar-refractivity contribution in [3.05, 3.63) is 29.6 Å². The van der Waals surface area contributed by atoms with Crippen molar-refractivity contribution in [3.8, 4) is 5.75 Å². The Balaban J connectivity index is 1.75. The molecule has 104 valence electrons. The summed E-state index contributed by atoms with van der Waals surface area (Å²) in [5, 5.41) is 9.87. The van der Waals surface area contributed by atoms with Crippen molar-refractivity contribution < 1.29 is 9.50 Å². The zero-order valence-corrected chi connectivity index (χ0v) is 11.3. The highest BCUT2D eigenvalue weighted by Crippen LogP contribution is 2.36. The van der Waals surface area contributed by atoms with E-state index >= 15 is 0 Å². The molecule has 2 unspecified atom stereocenters. The second-order valence-electron chi connectivity index (χ2n) is 6.00. The highest BCUT2D eigenvalue weighted by Gasteiger charge is 2.33. The highest BCUT2D eigenvalue weighted by molar-refractivity contribution is 5.32. The summed E-state index contributed by atoms with van der Waals surface area (Å²) < 4.78 is 13.3. The van der Waals surface area contributed by atoms with Crippen molar-refractivity contribution in [2.24, 2.45) is 5.92 Å². The maximum atomic E-state index is 13.3. The standard InChI is InChI=1S/C16H22FNO/c17-14-7-8-16(19)13(10-14)11-18-9-3-5-12-4-1-2-6-15(12)18/h7-8,10,12,15,19H,1-6,9,11H2. The molecule has 0 aromatic heterocycles. The van der Waals surface area contributed by atoms with Crippen molar-refractivity contribution in [2.45, 2.75) is 51.1 Å². The molecule has 2 fully saturated rings. The molecule has 1 aromatic rings. The lowest BCUT2D eigenvalue weighted by Crippen LogP contribution is -2.46. The number of likely N-dealkylation sites (tertiary alicyclic amines) is 1. The molecular weight excluding hydrogens is 241 g/mol. The summed E-state index contributed by atoms with van der Waals surface area (Å²) in [6.07, 6.45) is 7.86. The third-order valence-electron chi connectivity index (χ3n) is 4.77. The Labute approximate surface area is 114 Å². The third kappa shape index (κ3) is 2.76. The van der Waals surface area contributed by atoms with Gasteiger partial charge >= 0.3 is 0 Å². The van der Waals surface area contributed by atoms with Crippen LogP contribution in [-0.2, 0) is 6.54 Å². The number of hydrogen-bond donors (Lipinski definition) is 1. The predicted octanol–water partition coefficient (Wildman–Crippen LogP) is 3.69. The maximum Gasteiger partial charge on any atom is 0.123 e. The van der Waals surface area contributed by atoms with Crippen LogP contribution in [0.3, 0.4) is 0 Å². The first-order chi connectivity index (χ1) is 9.24. The number of benzene rings is 1. The molecule has 1 saturated heterocycles. The van der Waals surface area contributed by atoms with Crippen LogP contribution in [0.1, 0.15) is 44.1 Å². The lowest BCUT2D eigenvalue weighted by Gasteiger charge is -2.44. The molecule has 2 atom stereocenters. The van der Waals surface area contributed by atoms with Crippen molar-refractivity contribution in [2.75, 3.05) is 6.54 Å². The van der Waals surface area contributed by atoms with E-state index in [4.69, 9.17) is 0 Å². The number of fused-ring (bicyclic) bond motifs is 1. The van der Waals surface area contributed by atoms with E-state index in [9.17, 15) is 9.50 Å². The number of phenols is 1. The molecule has 2 nitrogen and oxygen atoms in total. The Kier molecular flexibility index (Phi) is 3.74. The predicted molar refractivity (Wildman–Crippen MR) is 73.5 cm³/mol. The van der Waals surface area contributed by atoms with Crippen LogP contribution in [0, 0.1) is 11.7 Å². The van der Waals surface area contributed by atoms with Gasteiger partial charge in [-0.1, -0.05) is 12.8 Å². The number of rotatable bonds is 2. The van der Waals surface area contributed by atoms with E-state index < -0.39 is 0 Å². The smallest absolute Gasteiger partial charge is 0.123 e. The zero-order chi connectivity index (χ0) is 13.2. The zero-order valence-electron chi connectivity index (χ0n) is 11.3. The largest absolute Gasteiger partial charge is 0.508 e. The minimum absolute atomic E-state index is 0.222. The Morgan fingerprint density at radius 3 is 2.84 bits per heavy atom. The van der Waals surface area contributed by atoms with Crippen LogP contribution in [-0.4, -0.2) is 22.6 Å². The van der Waals surface area contributed by atoms with E-state index in [-0.39, 0.29) is 11.6 Å². The van der Waals surface area contributed by atoms with Gasteiger partial charge in [-0.05, 0) is 56.3 Å². The molecule has 1 heterocycles. The van der Waals surface area contributed by atoms with Crippen LogP contribution in [0.25, 0.3) is 0 Å². The summed E-state index contributed by atoms with van der Waals surface area (Å²) in [4.78, 5) is 2.46. The monoisotopic (exact) mass is 263 g/mol. The molecule has 1 N–H and O–H groups in total. The fraction of sp³-hybridized carbons (Fsp3) is 0.625. The number of nitrogens with zero attached hydrogens (tertiary/aromatic N) is 1. The number of hydrogen-bond acceptors (Lipinski definition) is 2. The van der Waals surface area contributed by atoms with Gasteiger partial charge in [-0.15, -0.1) is 0 Å². The number of phenolic OH excluding ortho intramolecular Hbond substituents is 1. The van der Waals surface area contributed by atoms with Gasteiger partial charge in [0.05, 0.1) is 0 Å². The molecule has 0 radical (unpaired) electrons. The lowest BCUT2D eigenvalue weighted by molar-refractivity contribution is 0.0541. The number of aromatic hydroxyl groups is 1. The molecule has 19 heavy (non-hydrogen) atoms. The molecule has 0 bridgehead atoms. The number of piperidine rings is 1. The van der Waals surface area contributed by atoms with Crippen molar-refractivity contribution in [1.29, 1.82) is 0 Å². The number of halogens is 1. The molecule has 3 heteroatoms. The van der Waals surface area contributed by atoms with Crippen LogP contribution in [0.15, 0.2) is 18.2 Å². The van der Waals surface area contributed by atoms with Gasteiger partial charge in [-0.25, -0.2) is 4.39 Å². The summed E-state index contributed by atoms with van der Waals surface area (Å²) in [6.45, 7) is 1.77. The summed E-state index contributed by atoms with van der Waals surface area (Å²) in [5.41, 5.74) is 0.728. The van der Waals surface area contributed by atoms with Crippen molar-refractivity contribution in [3.63, 3.8) is 0 Å². The van der Waals surface area contributed by atoms with Gasteiger partial charge in [-0.3, -0.25) is 4.90 Å². The van der Waals surface area contributed by atoms with E-state index in [1.165, 1.54) is 56.7 Å². The van der Waals surface area contributed by atoms with Crippen LogP contribution < -0.4 is 0 Å². The SMILES string of the molecule is Oc1ccc(F)cc1CN1CCCC2CCCCC21. The van der Waals surface area contributed by atoms with E-state index in [0.29, 0.717) is 12.6 Å². The molecule has 0 spiro atoms. The van der Waals surface area contributed by atoms with Crippen LogP contribution in [0.5, 0.6) is 5.75 Å². The van der Waals surface area contributed by atoms with E-state index in [2.05, 4.69) is 4.90 Å². The summed E-state index contributed by atoms with van der Waals surface area (Å²) in [5.74, 6) is 0.780. The molecule has 0 amide bonds. The first kappa shape index (κ1) is 12.9. The average molecular weight is 263 g/mol. The Morgan fingerprint density at radius 1 is 1.16 bits per heavy atom. The molecular formula is C16H22FNO. The van der Waals surface area contributed by atoms with Gasteiger partial charge in [0.2, 0.25) is 0 Å². The van der Waals surface area contributed by atoms with Crippen LogP contribution in [0.4, 0.5) is 4.39 Å². The Bertz CT molecular complexity index is 446. The molecule has 1 aromatic carbocycles. The molecule has 1 saturated carbocycles. The second-order valence-corrected chi connectivity index (χ2v) is 6.00. The third-order valence-corrected chi connectivity index (χ3v) is 4.77. The van der Waals surface area contributed by atoms with Gasteiger partial charge in [0.15, 0.2) is 0 Å². The van der Waals surface area contributed by atoms with E-state index in [1.807, 2.05) is 0 Å². The topological polar surface area (TPSA) is 23.5 Å². The molecule has 2 aliphatic rings. The second kappa shape index (κ2) is 5.49. The first-order valence-corrected chi connectivity index (χ1v) is 7.45. The average Bonchev–Trinajstić information content (AvgIpc) is 2.43. The molecule has 1 aliphatic heterocycles. The quantitative estimate of drug-likeness (QED) is 0.879. The van der Waals surface area contributed by atoms with Crippen LogP contribution >= 0.6 is 0 Å². The van der Waals surface area contributed by atoms with E-state index in [0.717, 1.165) is 18.0 Å². The van der Waals surface area contributed by atoms with Crippen molar-refractivity contribution in [1.82, 2.24) is 4.90 Å². The summed E-state index contributed by atoms with van der Waals surface area (Å²) in [6, 6.07) is 4.90. The summed E-state index contributed by atoms with van der Waals surface area (Å²) in [7, 11) is 0. The van der Waals surface area contributed by atoms with Gasteiger partial charge in [0.1, 0.15) is 11.6 Å². The van der Waals surface area contributed by atoms with Crippen LogP contribution in [0.2, 0.25) is 0 Å². The molecule has 3 rings (SSSR count). The normalized spacial score (nSPS) is 28.1. The minimum atomic E-state index is -0.259. The van der Waals surface area contributed by atoms with Gasteiger partial charge < -0.3 is 5.11 Å². The highest BCUT2D eigenvalue weighted by atomic mass is 19.1. The fourth-order valence-corrected chi connectivity index (χ4v) is 3.82. The maximum absolute atomic E-state index is 13.3. The molecule has 1 aliphatic carbocycles. The van der Waals surface area contributed by atoms with Gasteiger partial charge in [0.25, 0.3) is 0 Å². The fourth-order valence-electron chi connectivity index (χ4n) is 3.82.